The van der Waals surface area contributed by atoms with Crippen LogP contribution in [0.5, 0.6) is 5.75 Å². The Balaban J connectivity index is 1.64. The molecule has 1 aliphatic rings. The van der Waals surface area contributed by atoms with E-state index in [0.717, 1.165) is 37.3 Å². The first kappa shape index (κ1) is 26.6. The van der Waals surface area contributed by atoms with Crippen molar-refractivity contribution in [2.75, 3.05) is 0 Å². The highest BCUT2D eigenvalue weighted by atomic mass is 32.2. The number of halogens is 5. The number of ether oxygens (including phenoxy) is 1. The van der Waals surface area contributed by atoms with Crippen LogP contribution in [0.25, 0.3) is 5.69 Å². The van der Waals surface area contributed by atoms with E-state index in [1.807, 2.05) is 0 Å². The SMILES string of the molecule is CC(C)S(=O)(=O)c1ccc(O[C@@H](C)C(F)(F)F)c(C(=O)N2Cc3cn(-c4ccc(F)c(F)c4)nc3C2)c1. The van der Waals surface area contributed by atoms with Gasteiger partial charge in [0.2, 0.25) is 0 Å². The smallest absolute Gasteiger partial charge is 0.425 e. The Kier molecular flexibility index (Phi) is 6.78. The summed E-state index contributed by atoms with van der Waals surface area (Å²) >= 11 is 0. The molecule has 198 valence electrons. The summed E-state index contributed by atoms with van der Waals surface area (Å²) in [5, 5.41) is 3.47. The van der Waals surface area contributed by atoms with E-state index in [1.54, 1.807) is 0 Å². The molecule has 2 aromatic carbocycles. The van der Waals surface area contributed by atoms with Gasteiger partial charge in [-0.2, -0.15) is 18.3 Å². The molecule has 1 atom stereocenters. The summed E-state index contributed by atoms with van der Waals surface area (Å²) in [6.07, 6.45) is -5.43. The predicted octanol–water partition coefficient (Wildman–Crippen LogP) is 4.82. The third kappa shape index (κ3) is 5.17. The van der Waals surface area contributed by atoms with Crippen molar-refractivity contribution in [1.82, 2.24) is 14.7 Å². The van der Waals surface area contributed by atoms with E-state index in [2.05, 4.69) is 5.10 Å². The topological polar surface area (TPSA) is 81.5 Å². The van der Waals surface area contributed by atoms with E-state index >= 15 is 0 Å². The van der Waals surface area contributed by atoms with Crippen LogP contribution in [-0.4, -0.2) is 46.5 Å². The molecule has 1 amide bonds. The highest BCUT2D eigenvalue weighted by Crippen LogP contribution is 2.33. The van der Waals surface area contributed by atoms with Gasteiger partial charge in [0.25, 0.3) is 5.91 Å². The lowest BCUT2D eigenvalue weighted by Gasteiger charge is -2.22. The van der Waals surface area contributed by atoms with Gasteiger partial charge >= 0.3 is 6.18 Å². The summed E-state index contributed by atoms with van der Waals surface area (Å²) in [5.74, 6) is -3.22. The Bertz CT molecular complexity index is 1440. The van der Waals surface area contributed by atoms with Crippen molar-refractivity contribution in [3.05, 3.63) is 71.1 Å². The first-order valence-electron chi connectivity index (χ1n) is 11.1. The fraction of sp³-hybridized carbons (Fsp3) is 0.333. The van der Waals surface area contributed by atoms with E-state index in [0.29, 0.717) is 11.3 Å². The first-order valence-corrected chi connectivity index (χ1v) is 12.7. The minimum atomic E-state index is -4.71. The largest absolute Gasteiger partial charge is 0.480 e. The number of benzene rings is 2. The van der Waals surface area contributed by atoms with Crippen LogP contribution in [-0.2, 0) is 22.9 Å². The maximum atomic E-state index is 13.6. The number of fused-ring (bicyclic) bond motifs is 1. The maximum absolute atomic E-state index is 13.6. The van der Waals surface area contributed by atoms with Gasteiger partial charge in [-0.3, -0.25) is 4.79 Å². The van der Waals surface area contributed by atoms with E-state index in [4.69, 9.17) is 4.74 Å². The van der Waals surface area contributed by atoms with Gasteiger partial charge in [0.1, 0.15) is 5.75 Å². The van der Waals surface area contributed by atoms with Crippen molar-refractivity contribution in [1.29, 1.82) is 0 Å². The van der Waals surface area contributed by atoms with Crippen molar-refractivity contribution in [2.24, 2.45) is 0 Å². The summed E-state index contributed by atoms with van der Waals surface area (Å²) in [7, 11) is -3.84. The molecule has 7 nitrogen and oxygen atoms in total. The third-order valence-corrected chi connectivity index (χ3v) is 8.08. The van der Waals surface area contributed by atoms with Gasteiger partial charge in [-0.1, -0.05) is 0 Å². The molecule has 1 aromatic heterocycles. The second-order valence-corrected chi connectivity index (χ2v) is 11.4. The molecule has 0 aliphatic carbocycles. The Hall–Kier alpha value is -3.48. The quantitative estimate of drug-likeness (QED) is 0.417. The van der Waals surface area contributed by atoms with Gasteiger partial charge in [0, 0.05) is 24.4 Å². The van der Waals surface area contributed by atoms with Crippen molar-refractivity contribution in [2.45, 2.75) is 56.3 Å². The lowest BCUT2D eigenvalue weighted by atomic mass is 10.1. The highest BCUT2D eigenvalue weighted by molar-refractivity contribution is 7.92. The van der Waals surface area contributed by atoms with Crippen LogP contribution in [0.4, 0.5) is 22.0 Å². The third-order valence-electron chi connectivity index (χ3n) is 5.93. The number of carbonyl (C=O) groups excluding carboxylic acids is 1. The minimum absolute atomic E-state index is 0.00721. The number of nitrogens with zero attached hydrogens (tertiary/aromatic N) is 3. The van der Waals surface area contributed by atoms with Gasteiger partial charge in [-0.25, -0.2) is 21.9 Å². The van der Waals surface area contributed by atoms with Crippen molar-refractivity contribution in [3.63, 3.8) is 0 Å². The molecule has 3 aromatic rings. The number of hydrogen-bond donors (Lipinski definition) is 0. The lowest BCUT2D eigenvalue weighted by molar-refractivity contribution is -0.189. The van der Waals surface area contributed by atoms with Crippen LogP contribution >= 0.6 is 0 Å². The zero-order valence-corrected chi connectivity index (χ0v) is 20.7. The summed E-state index contributed by atoms with van der Waals surface area (Å²) in [6, 6.07) is 6.42. The van der Waals surface area contributed by atoms with Crippen molar-refractivity contribution < 1.29 is 39.9 Å². The van der Waals surface area contributed by atoms with E-state index in [-0.39, 0.29) is 29.2 Å². The van der Waals surface area contributed by atoms with E-state index in [1.165, 1.54) is 35.7 Å². The standard InChI is InChI=1S/C24H22F5N3O4S/c1-13(2)37(34,35)17-5-7-22(36-14(3)24(27,28)29)18(9-17)23(33)31-10-15-11-32(30-21(15)12-31)16-4-6-19(25)20(26)8-16/h4-9,11,13-14H,10,12H2,1-3H3/t14-/m0/s1. The first-order chi connectivity index (χ1) is 17.2. The minimum Gasteiger partial charge on any atom is -0.480 e. The number of alkyl halides is 3. The number of aromatic nitrogens is 2. The zero-order valence-electron chi connectivity index (χ0n) is 19.9. The van der Waals surface area contributed by atoms with Crippen LogP contribution in [0.1, 0.15) is 42.4 Å². The lowest BCUT2D eigenvalue weighted by Crippen LogP contribution is -2.33. The van der Waals surface area contributed by atoms with Crippen LogP contribution < -0.4 is 4.74 Å². The van der Waals surface area contributed by atoms with Crippen LogP contribution in [0.2, 0.25) is 0 Å². The summed E-state index contributed by atoms with van der Waals surface area (Å²) in [5.41, 5.74) is 0.941. The predicted molar refractivity (Wildman–Crippen MR) is 122 cm³/mol. The molecule has 0 spiro atoms. The average Bonchev–Trinajstić information content (AvgIpc) is 3.39. The van der Waals surface area contributed by atoms with Crippen LogP contribution in [0.15, 0.2) is 47.5 Å². The van der Waals surface area contributed by atoms with Crippen LogP contribution in [0.3, 0.4) is 0 Å². The van der Waals surface area contributed by atoms with Gasteiger partial charge < -0.3 is 9.64 Å². The molecule has 13 heteroatoms. The summed E-state index contributed by atoms with van der Waals surface area (Å²) in [4.78, 5) is 14.4. The van der Waals surface area contributed by atoms with Crippen LogP contribution in [0, 0.1) is 11.6 Å². The summed E-state index contributed by atoms with van der Waals surface area (Å²) in [6.45, 7) is 3.63. The molecule has 37 heavy (non-hydrogen) atoms. The average molecular weight is 544 g/mol. The Labute approximate surface area is 209 Å². The molecule has 0 radical (unpaired) electrons. The molecule has 0 saturated carbocycles. The maximum Gasteiger partial charge on any atom is 0.425 e. The summed E-state index contributed by atoms with van der Waals surface area (Å²) < 4.78 is 97.9. The molecule has 4 rings (SSSR count). The molecule has 0 N–H and O–H groups in total. The molecule has 2 heterocycles. The van der Waals surface area contributed by atoms with Crippen molar-refractivity contribution >= 4 is 15.7 Å². The number of rotatable bonds is 6. The zero-order chi connectivity index (χ0) is 27.3. The molecular weight excluding hydrogens is 521 g/mol. The Morgan fingerprint density at radius 1 is 1.03 bits per heavy atom. The number of carbonyl (C=O) groups is 1. The number of amides is 1. The molecule has 0 fully saturated rings. The second-order valence-electron chi connectivity index (χ2n) is 8.86. The molecule has 0 unspecified atom stereocenters. The molecule has 0 bridgehead atoms. The van der Waals surface area contributed by atoms with Gasteiger partial charge in [0.05, 0.1) is 33.6 Å². The Morgan fingerprint density at radius 3 is 2.32 bits per heavy atom. The van der Waals surface area contributed by atoms with Gasteiger partial charge in [-0.15, -0.1) is 0 Å². The Morgan fingerprint density at radius 2 is 1.73 bits per heavy atom. The molecular formula is C24H22F5N3O4S. The second kappa shape index (κ2) is 9.43. The van der Waals surface area contributed by atoms with E-state index < -0.39 is 50.7 Å². The number of hydrogen-bond acceptors (Lipinski definition) is 5. The van der Waals surface area contributed by atoms with Crippen molar-refractivity contribution in [3.8, 4) is 11.4 Å². The molecule has 0 saturated heterocycles. The van der Waals surface area contributed by atoms with Gasteiger partial charge in [-0.05, 0) is 51.1 Å². The van der Waals surface area contributed by atoms with Gasteiger partial charge in [0.15, 0.2) is 27.6 Å². The fourth-order valence-corrected chi connectivity index (χ4v) is 4.80. The normalized spacial score (nSPS) is 14.7. The molecule has 1 aliphatic heterocycles. The fourth-order valence-electron chi connectivity index (χ4n) is 3.71. The van der Waals surface area contributed by atoms with E-state index in [9.17, 15) is 35.2 Å². The monoisotopic (exact) mass is 543 g/mol. The number of sulfone groups is 1. The highest BCUT2D eigenvalue weighted by Gasteiger charge is 2.39.